The molecule has 0 amide bonds. The van der Waals surface area contributed by atoms with Crippen molar-refractivity contribution in [1.29, 1.82) is 0 Å². The highest BCUT2D eigenvalue weighted by atomic mass is 32.1. The standard InChI is InChI=1S/C7H9N3O3S/c1-9-4(3-6(12)13)2-5(11)10(8)7(9)14/h2H,3,8H2,1H3,(H,12,13). The van der Waals surface area contributed by atoms with Gasteiger partial charge in [-0.05, 0) is 12.2 Å². The van der Waals surface area contributed by atoms with Gasteiger partial charge in [-0.2, -0.15) is 4.68 Å². The van der Waals surface area contributed by atoms with Crippen LogP contribution in [0.25, 0.3) is 0 Å². The van der Waals surface area contributed by atoms with Gasteiger partial charge in [-0.1, -0.05) is 0 Å². The molecule has 0 unspecified atom stereocenters. The van der Waals surface area contributed by atoms with E-state index in [1.807, 2.05) is 0 Å². The zero-order valence-electron chi connectivity index (χ0n) is 7.43. The van der Waals surface area contributed by atoms with Crippen LogP contribution in [0.2, 0.25) is 0 Å². The van der Waals surface area contributed by atoms with Gasteiger partial charge in [-0.25, -0.2) is 0 Å². The molecule has 0 atom stereocenters. The summed E-state index contributed by atoms with van der Waals surface area (Å²) in [5.74, 6) is 4.29. The van der Waals surface area contributed by atoms with Crippen molar-refractivity contribution in [3.63, 3.8) is 0 Å². The fraction of sp³-hybridized carbons (Fsp3) is 0.286. The monoisotopic (exact) mass is 215 g/mol. The fourth-order valence-electron chi connectivity index (χ4n) is 1.01. The molecule has 0 aliphatic heterocycles. The van der Waals surface area contributed by atoms with E-state index in [1.165, 1.54) is 4.57 Å². The molecule has 0 saturated carbocycles. The molecule has 1 aromatic heterocycles. The van der Waals surface area contributed by atoms with Gasteiger partial charge in [-0.3, -0.25) is 9.59 Å². The van der Waals surface area contributed by atoms with Gasteiger partial charge in [0.15, 0.2) is 0 Å². The summed E-state index contributed by atoms with van der Waals surface area (Å²) < 4.78 is 2.28. The first-order chi connectivity index (χ1) is 6.43. The van der Waals surface area contributed by atoms with Gasteiger partial charge in [-0.15, -0.1) is 0 Å². The minimum atomic E-state index is -1.02. The van der Waals surface area contributed by atoms with Crippen LogP contribution in [0.3, 0.4) is 0 Å². The number of hydrogen-bond donors (Lipinski definition) is 2. The summed E-state index contributed by atoms with van der Waals surface area (Å²) in [4.78, 5) is 21.6. The van der Waals surface area contributed by atoms with Crippen LogP contribution in [0, 0.1) is 4.77 Å². The summed E-state index contributed by atoms with van der Waals surface area (Å²) in [6.45, 7) is 0. The molecule has 1 rings (SSSR count). The van der Waals surface area contributed by atoms with E-state index in [1.54, 1.807) is 7.05 Å². The number of carbonyl (C=O) groups is 1. The number of carboxylic acids is 1. The molecule has 0 aliphatic rings. The molecule has 14 heavy (non-hydrogen) atoms. The normalized spacial score (nSPS) is 10.1. The van der Waals surface area contributed by atoms with E-state index in [0.29, 0.717) is 5.69 Å². The molecule has 0 aromatic carbocycles. The SMILES string of the molecule is Cn1c(CC(=O)O)cc(=O)n(N)c1=S. The molecule has 0 saturated heterocycles. The Morgan fingerprint density at radius 2 is 2.29 bits per heavy atom. The lowest BCUT2D eigenvalue weighted by Crippen LogP contribution is -2.31. The fourth-order valence-corrected chi connectivity index (χ4v) is 1.22. The summed E-state index contributed by atoms with van der Waals surface area (Å²) in [6, 6.07) is 1.16. The molecule has 6 nitrogen and oxygen atoms in total. The molecule has 76 valence electrons. The highest BCUT2D eigenvalue weighted by Crippen LogP contribution is 1.96. The van der Waals surface area contributed by atoms with Crippen molar-refractivity contribution in [3.05, 3.63) is 26.9 Å². The Labute approximate surface area is 84.2 Å². The Bertz CT molecular complexity index is 488. The number of aromatic nitrogens is 2. The van der Waals surface area contributed by atoms with E-state index in [2.05, 4.69) is 0 Å². The summed E-state index contributed by atoms with van der Waals surface area (Å²) >= 11 is 4.83. The maximum absolute atomic E-state index is 11.2. The van der Waals surface area contributed by atoms with Crippen molar-refractivity contribution in [3.8, 4) is 0 Å². The Hall–Kier alpha value is -1.63. The molecular formula is C7H9N3O3S. The van der Waals surface area contributed by atoms with Gasteiger partial charge in [0.05, 0.1) is 6.42 Å². The van der Waals surface area contributed by atoms with Crippen LogP contribution in [0.5, 0.6) is 0 Å². The van der Waals surface area contributed by atoms with Crippen LogP contribution in [0.4, 0.5) is 0 Å². The van der Waals surface area contributed by atoms with Crippen molar-refractivity contribution in [2.24, 2.45) is 7.05 Å². The summed E-state index contributed by atoms with van der Waals surface area (Å²) in [6.07, 6.45) is -0.254. The number of carboxylic acid groups (broad SMARTS) is 1. The Balaban J connectivity index is 3.41. The van der Waals surface area contributed by atoms with Crippen LogP contribution in [0.1, 0.15) is 5.69 Å². The molecule has 0 spiro atoms. The summed E-state index contributed by atoms with van der Waals surface area (Å²) in [7, 11) is 1.56. The van der Waals surface area contributed by atoms with Crippen LogP contribution >= 0.6 is 12.2 Å². The number of nitrogens with two attached hydrogens (primary N) is 1. The predicted molar refractivity (Wildman–Crippen MR) is 52.0 cm³/mol. The van der Waals surface area contributed by atoms with Crippen LogP contribution in [-0.2, 0) is 18.3 Å². The molecule has 1 heterocycles. The lowest BCUT2D eigenvalue weighted by atomic mass is 10.3. The highest BCUT2D eigenvalue weighted by molar-refractivity contribution is 7.71. The van der Waals surface area contributed by atoms with E-state index in [-0.39, 0.29) is 11.2 Å². The Kier molecular flexibility index (Phi) is 2.70. The maximum Gasteiger partial charge on any atom is 0.309 e. The molecule has 3 N–H and O–H groups in total. The average Bonchev–Trinajstić information content (AvgIpc) is 2.10. The molecule has 0 radical (unpaired) electrons. The lowest BCUT2D eigenvalue weighted by Gasteiger charge is -2.08. The minimum Gasteiger partial charge on any atom is -0.481 e. The second-order valence-electron chi connectivity index (χ2n) is 2.76. The number of aliphatic carboxylic acids is 1. The molecule has 1 aromatic rings. The Morgan fingerprint density at radius 1 is 1.71 bits per heavy atom. The third-order valence-electron chi connectivity index (χ3n) is 1.78. The van der Waals surface area contributed by atoms with Gasteiger partial charge in [0.1, 0.15) is 0 Å². The third kappa shape index (κ3) is 1.82. The lowest BCUT2D eigenvalue weighted by molar-refractivity contribution is -0.136. The Morgan fingerprint density at radius 3 is 2.79 bits per heavy atom. The van der Waals surface area contributed by atoms with Crippen LogP contribution < -0.4 is 11.4 Å². The molecule has 7 heteroatoms. The van der Waals surface area contributed by atoms with Crippen molar-refractivity contribution >= 4 is 18.2 Å². The number of hydrogen-bond acceptors (Lipinski definition) is 4. The van der Waals surface area contributed by atoms with Gasteiger partial charge in [0, 0.05) is 18.8 Å². The minimum absolute atomic E-state index is 0.0914. The topological polar surface area (TPSA) is 90.2 Å². The molecule has 0 bridgehead atoms. The van der Waals surface area contributed by atoms with E-state index in [4.69, 9.17) is 23.2 Å². The van der Waals surface area contributed by atoms with Gasteiger partial charge in [0.2, 0.25) is 4.77 Å². The second-order valence-corrected chi connectivity index (χ2v) is 3.12. The number of rotatable bonds is 2. The summed E-state index contributed by atoms with van der Waals surface area (Å²) in [5.41, 5.74) is -0.182. The first-order valence-corrected chi connectivity index (χ1v) is 4.13. The highest BCUT2D eigenvalue weighted by Gasteiger charge is 2.07. The van der Waals surface area contributed by atoms with Crippen molar-refractivity contribution in [2.45, 2.75) is 6.42 Å². The summed E-state index contributed by atoms with van der Waals surface area (Å²) in [5, 5.41) is 8.56. The quantitative estimate of drug-likeness (QED) is 0.501. The van der Waals surface area contributed by atoms with E-state index < -0.39 is 11.5 Å². The maximum atomic E-state index is 11.2. The molecule has 0 fully saturated rings. The third-order valence-corrected chi connectivity index (χ3v) is 2.25. The van der Waals surface area contributed by atoms with E-state index in [0.717, 1.165) is 10.7 Å². The van der Waals surface area contributed by atoms with Crippen molar-refractivity contribution in [2.75, 3.05) is 5.84 Å². The molecular weight excluding hydrogens is 206 g/mol. The zero-order valence-corrected chi connectivity index (χ0v) is 8.24. The van der Waals surface area contributed by atoms with E-state index in [9.17, 15) is 9.59 Å². The largest absolute Gasteiger partial charge is 0.481 e. The van der Waals surface area contributed by atoms with Crippen LogP contribution in [0.15, 0.2) is 10.9 Å². The zero-order chi connectivity index (χ0) is 10.9. The van der Waals surface area contributed by atoms with Crippen molar-refractivity contribution < 1.29 is 9.90 Å². The van der Waals surface area contributed by atoms with Gasteiger partial charge < -0.3 is 15.5 Å². The first-order valence-electron chi connectivity index (χ1n) is 3.72. The second kappa shape index (κ2) is 3.62. The van der Waals surface area contributed by atoms with Gasteiger partial charge in [0.25, 0.3) is 5.56 Å². The van der Waals surface area contributed by atoms with E-state index >= 15 is 0 Å². The van der Waals surface area contributed by atoms with Crippen LogP contribution in [-0.4, -0.2) is 20.3 Å². The number of nitrogen functional groups attached to an aromatic ring is 1. The van der Waals surface area contributed by atoms with Gasteiger partial charge >= 0.3 is 5.97 Å². The average molecular weight is 215 g/mol. The first kappa shape index (κ1) is 10.5. The smallest absolute Gasteiger partial charge is 0.309 e. The molecule has 0 aliphatic carbocycles. The predicted octanol–water partition coefficient (Wildman–Crippen LogP) is -0.743. The number of nitrogens with zero attached hydrogens (tertiary/aromatic N) is 2. The van der Waals surface area contributed by atoms with Crippen molar-refractivity contribution in [1.82, 2.24) is 9.24 Å².